The highest BCUT2D eigenvalue weighted by Gasteiger charge is 2.22. The molecule has 0 aliphatic rings. The maximum Gasteiger partial charge on any atom is 0.266 e. The first kappa shape index (κ1) is 17.1. The second-order valence-electron chi connectivity index (χ2n) is 4.92. The Kier molecular flexibility index (Phi) is 6.42. The Bertz CT molecular complexity index is 708. The summed E-state index contributed by atoms with van der Waals surface area (Å²) in [5.41, 5.74) is 0.697. The Hall–Kier alpha value is -3.26. The fraction of sp³-hybridized carbons (Fsp3) is 0.158. The van der Waals surface area contributed by atoms with Crippen molar-refractivity contribution in [2.24, 2.45) is 0 Å². The molecule has 2 N–H and O–H groups in total. The van der Waals surface area contributed by atoms with Crippen molar-refractivity contribution in [1.29, 1.82) is 0 Å². The van der Waals surface area contributed by atoms with Gasteiger partial charge in [-0.05, 0) is 12.1 Å². The van der Waals surface area contributed by atoms with Gasteiger partial charge in [0, 0.05) is 5.56 Å². The minimum Gasteiger partial charge on any atom is -0.476 e. The highest BCUT2D eigenvalue weighted by Crippen LogP contribution is 2.21. The predicted octanol–water partition coefficient (Wildman–Crippen LogP) is 1.67. The SMILES string of the molecule is C#CCNC(=O)CNC(=O)[C@@H](Oc1ccccc1)c1ccccc1. The first-order valence-electron chi connectivity index (χ1n) is 7.45. The van der Waals surface area contributed by atoms with Crippen molar-refractivity contribution in [1.82, 2.24) is 10.6 Å². The molecule has 2 amide bonds. The van der Waals surface area contributed by atoms with Crippen molar-refractivity contribution in [3.05, 3.63) is 66.2 Å². The lowest BCUT2D eigenvalue weighted by Gasteiger charge is -2.19. The molecule has 0 radical (unpaired) electrons. The van der Waals surface area contributed by atoms with Crippen LogP contribution >= 0.6 is 0 Å². The number of hydrogen-bond acceptors (Lipinski definition) is 3. The first-order chi connectivity index (χ1) is 11.7. The number of terminal acetylenes is 1. The number of carbonyl (C=O) groups excluding carboxylic acids is 2. The van der Waals surface area contributed by atoms with Crippen molar-refractivity contribution in [3.8, 4) is 18.1 Å². The van der Waals surface area contributed by atoms with Gasteiger partial charge in [0.25, 0.3) is 5.91 Å². The highest BCUT2D eigenvalue weighted by atomic mass is 16.5. The summed E-state index contributed by atoms with van der Waals surface area (Å²) in [6.45, 7) is -0.0423. The molecule has 0 aliphatic carbocycles. The van der Waals surface area contributed by atoms with Crippen molar-refractivity contribution >= 4 is 11.8 Å². The van der Waals surface area contributed by atoms with Gasteiger partial charge < -0.3 is 15.4 Å². The monoisotopic (exact) mass is 322 g/mol. The van der Waals surface area contributed by atoms with Gasteiger partial charge in [-0.1, -0.05) is 54.5 Å². The molecule has 0 unspecified atom stereocenters. The zero-order valence-corrected chi connectivity index (χ0v) is 13.1. The molecular weight excluding hydrogens is 304 g/mol. The van der Waals surface area contributed by atoms with Gasteiger partial charge in [-0.2, -0.15) is 0 Å². The third-order valence-corrected chi connectivity index (χ3v) is 3.15. The molecule has 122 valence electrons. The van der Waals surface area contributed by atoms with Gasteiger partial charge >= 0.3 is 0 Å². The van der Waals surface area contributed by atoms with Gasteiger partial charge in [0.2, 0.25) is 12.0 Å². The van der Waals surface area contributed by atoms with E-state index >= 15 is 0 Å². The number of benzene rings is 2. The Morgan fingerprint density at radius 2 is 1.62 bits per heavy atom. The topological polar surface area (TPSA) is 67.4 Å². The summed E-state index contributed by atoms with van der Waals surface area (Å²) in [5, 5.41) is 5.05. The van der Waals surface area contributed by atoms with Crippen molar-refractivity contribution in [3.63, 3.8) is 0 Å². The predicted molar refractivity (Wildman–Crippen MR) is 91.1 cm³/mol. The summed E-state index contributed by atoms with van der Waals surface area (Å²) in [5.74, 6) is 2.11. The van der Waals surface area contributed by atoms with E-state index in [4.69, 9.17) is 11.2 Å². The Morgan fingerprint density at radius 3 is 2.25 bits per heavy atom. The van der Waals surface area contributed by atoms with E-state index in [1.54, 1.807) is 24.3 Å². The van der Waals surface area contributed by atoms with Crippen LogP contribution in [0.4, 0.5) is 0 Å². The largest absolute Gasteiger partial charge is 0.476 e. The summed E-state index contributed by atoms with van der Waals surface area (Å²) in [6.07, 6.45) is 4.22. The third kappa shape index (κ3) is 5.18. The summed E-state index contributed by atoms with van der Waals surface area (Å²) in [6, 6.07) is 18.1. The molecular formula is C19H18N2O3. The normalized spacial score (nSPS) is 11.0. The van der Waals surface area contributed by atoms with E-state index in [9.17, 15) is 9.59 Å². The Labute approximate surface area is 141 Å². The minimum atomic E-state index is -0.853. The Balaban J connectivity index is 2.06. The zero-order valence-electron chi connectivity index (χ0n) is 13.1. The van der Waals surface area contributed by atoms with Crippen LogP contribution < -0.4 is 15.4 Å². The number of nitrogens with one attached hydrogen (secondary N) is 2. The maximum absolute atomic E-state index is 12.5. The lowest BCUT2D eigenvalue weighted by atomic mass is 10.1. The number of carbonyl (C=O) groups is 2. The number of ether oxygens (including phenoxy) is 1. The molecule has 5 heteroatoms. The fourth-order valence-electron chi connectivity index (χ4n) is 2.01. The number of para-hydroxylation sites is 1. The molecule has 0 saturated heterocycles. The van der Waals surface area contributed by atoms with E-state index in [1.807, 2.05) is 36.4 Å². The number of amides is 2. The van der Waals surface area contributed by atoms with Gasteiger partial charge in [-0.15, -0.1) is 6.42 Å². The molecule has 0 aliphatic heterocycles. The molecule has 24 heavy (non-hydrogen) atoms. The second-order valence-corrected chi connectivity index (χ2v) is 4.92. The van der Waals surface area contributed by atoms with Crippen LogP contribution in [0.3, 0.4) is 0 Å². The molecule has 0 aromatic heterocycles. The molecule has 0 spiro atoms. The smallest absolute Gasteiger partial charge is 0.266 e. The summed E-state index contributed by atoms with van der Waals surface area (Å²) >= 11 is 0. The van der Waals surface area contributed by atoms with E-state index in [1.165, 1.54) is 0 Å². The molecule has 0 bridgehead atoms. The number of rotatable bonds is 7. The molecule has 1 atom stereocenters. The quantitative estimate of drug-likeness (QED) is 0.762. The molecule has 5 nitrogen and oxygen atoms in total. The van der Waals surface area contributed by atoms with Crippen LogP contribution in [0.5, 0.6) is 5.75 Å². The molecule has 0 fully saturated rings. The Morgan fingerprint density at radius 1 is 1.00 bits per heavy atom. The third-order valence-electron chi connectivity index (χ3n) is 3.15. The van der Waals surface area contributed by atoms with Crippen molar-refractivity contribution in [2.45, 2.75) is 6.10 Å². The van der Waals surface area contributed by atoms with Crippen LogP contribution in [-0.4, -0.2) is 24.9 Å². The number of hydrogen-bond donors (Lipinski definition) is 2. The van der Waals surface area contributed by atoms with Crippen molar-refractivity contribution in [2.75, 3.05) is 13.1 Å². The van der Waals surface area contributed by atoms with Gasteiger partial charge in [0.05, 0.1) is 13.1 Å². The van der Waals surface area contributed by atoms with E-state index in [0.717, 1.165) is 0 Å². The van der Waals surface area contributed by atoms with E-state index < -0.39 is 12.0 Å². The van der Waals surface area contributed by atoms with Crippen LogP contribution in [0.2, 0.25) is 0 Å². The lowest BCUT2D eigenvalue weighted by Crippen LogP contribution is -2.40. The molecule has 2 aromatic rings. The van der Waals surface area contributed by atoms with E-state index in [2.05, 4.69) is 16.6 Å². The molecule has 0 heterocycles. The molecule has 2 rings (SSSR count). The van der Waals surface area contributed by atoms with Crippen LogP contribution in [0.15, 0.2) is 60.7 Å². The first-order valence-corrected chi connectivity index (χ1v) is 7.45. The average molecular weight is 322 g/mol. The van der Waals surface area contributed by atoms with Gasteiger partial charge in [-0.3, -0.25) is 9.59 Å². The van der Waals surface area contributed by atoms with Crippen LogP contribution in [0.1, 0.15) is 11.7 Å². The summed E-state index contributed by atoms with van der Waals surface area (Å²) < 4.78 is 5.80. The van der Waals surface area contributed by atoms with Crippen molar-refractivity contribution < 1.29 is 14.3 Å². The van der Waals surface area contributed by atoms with E-state index in [-0.39, 0.29) is 19.0 Å². The van der Waals surface area contributed by atoms with E-state index in [0.29, 0.717) is 11.3 Å². The van der Waals surface area contributed by atoms with Crippen LogP contribution in [0, 0.1) is 12.3 Å². The lowest BCUT2D eigenvalue weighted by molar-refractivity contribution is -0.131. The standard InChI is InChI=1S/C19H18N2O3/c1-2-13-20-17(22)14-21-19(23)18(15-9-5-3-6-10-15)24-16-11-7-4-8-12-16/h1,3-12,18H,13-14H2,(H,20,22)(H,21,23)/t18-/m0/s1. The second kappa shape index (κ2) is 9.01. The van der Waals surface area contributed by atoms with Gasteiger partial charge in [-0.25, -0.2) is 0 Å². The zero-order chi connectivity index (χ0) is 17.2. The highest BCUT2D eigenvalue weighted by molar-refractivity contribution is 5.87. The van der Waals surface area contributed by atoms with Crippen LogP contribution in [0.25, 0.3) is 0 Å². The fourth-order valence-corrected chi connectivity index (χ4v) is 2.01. The molecule has 2 aromatic carbocycles. The maximum atomic E-state index is 12.5. The molecule has 0 saturated carbocycles. The van der Waals surface area contributed by atoms with Gasteiger partial charge in [0.15, 0.2) is 0 Å². The average Bonchev–Trinajstić information content (AvgIpc) is 2.64. The minimum absolute atomic E-state index is 0.122. The van der Waals surface area contributed by atoms with Crippen LogP contribution in [-0.2, 0) is 9.59 Å². The van der Waals surface area contributed by atoms with Gasteiger partial charge in [0.1, 0.15) is 5.75 Å². The summed E-state index contributed by atoms with van der Waals surface area (Å²) in [7, 11) is 0. The summed E-state index contributed by atoms with van der Waals surface area (Å²) in [4.78, 5) is 24.0.